The van der Waals surface area contributed by atoms with Gasteiger partial charge in [-0.2, -0.15) is 5.26 Å². The molecule has 0 aromatic heterocycles. The highest BCUT2D eigenvalue weighted by atomic mass is 16.3. The molecule has 1 unspecified atom stereocenters. The van der Waals surface area contributed by atoms with Crippen molar-refractivity contribution in [3.05, 3.63) is 0 Å². The Bertz CT molecular complexity index is 117. The quantitative estimate of drug-likeness (QED) is 0.598. The third kappa shape index (κ3) is 7.35. The summed E-state index contributed by atoms with van der Waals surface area (Å²) in [5, 5.41) is 17.4. The van der Waals surface area contributed by atoms with E-state index in [2.05, 4.69) is 6.92 Å². The average Bonchev–Trinajstić information content (AvgIpc) is 1.99. The Hall–Kier alpha value is -0.550. The predicted octanol–water partition coefficient (Wildman–Crippen LogP) is 2.23. The van der Waals surface area contributed by atoms with Crippen molar-refractivity contribution in [3.63, 3.8) is 0 Å². The van der Waals surface area contributed by atoms with Crippen molar-refractivity contribution in [1.82, 2.24) is 0 Å². The van der Waals surface area contributed by atoms with Crippen molar-refractivity contribution in [2.75, 3.05) is 0 Å². The molecule has 0 rings (SSSR count). The van der Waals surface area contributed by atoms with Crippen LogP contribution in [-0.4, -0.2) is 11.2 Å². The topological polar surface area (TPSA) is 44.0 Å². The maximum absolute atomic E-state index is 9.13. The summed E-state index contributed by atoms with van der Waals surface area (Å²) in [6, 6.07) is 1.96. The molecule has 0 heterocycles. The van der Waals surface area contributed by atoms with E-state index < -0.39 is 6.10 Å². The SMILES string of the molecule is CCCCCCC(O)CC#N. The molecule has 2 nitrogen and oxygen atoms in total. The summed E-state index contributed by atoms with van der Waals surface area (Å²) in [5.74, 6) is 0. The van der Waals surface area contributed by atoms with Gasteiger partial charge in [-0.15, -0.1) is 0 Å². The lowest BCUT2D eigenvalue weighted by molar-refractivity contribution is 0.165. The molecule has 11 heavy (non-hydrogen) atoms. The average molecular weight is 155 g/mol. The van der Waals surface area contributed by atoms with Gasteiger partial charge in [0, 0.05) is 0 Å². The fraction of sp³-hybridized carbons (Fsp3) is 0.889. The monoisotopic (exact) mass is 155 g/mol. The molecule has 0 spiro atoms. The van der Waals surface area contributed by atoms with E-state index in [1.54, 1.807) is 0 Å². The van der Waals surface area contributed by atoms with Gasteiger partial charge in [0.15, 0.2) is 0 Å². The zero-order valence-corrected chi connectivity index (χ0v) is 7.21. The van der Waals surface area contributed by atoms with Crippen LogP contribution in [0.4, 0.5) is 0 Å². The van der Waals surface area contributed by atoms with Gasteiger partial charge >= 0.3 is 0 Å². The summed E-state index contributed by atoms with van der Waals surface area (Å²) in [6.07, 6.45) is 5.36. The van der Waals surface area contributed by atoms with E-state index in [1.807, 2.05) is 6.07 Å². The van der Waals surface area contributed by atoms with Crippen LogP contribution < -0.4 is 0 Å². The summed E-state index contributed by atoms with van der Waals surface area (Å²) in [6.45, 7) is 2.16. The molecule has 0 aliphatic heterocycles. The molecule has 0 amide bonds. The zero-order chi connectivity index (χ0) is 8.53. The summed E-state index contributed by atoms with van der Waals surface area (Å²) in [4.78, 5) is 0. The first-order chi connectivity index (χ1) is 5.31. The molecule has 0 aromatic carbocycles. The minimum Gasteiger partial charge on any atom is -0.392 e. The fourth-order valence-corrected chi connectivity index (χ4v) is 1.01. The van der Waals surface area contributed by atoms with Gasteiger partial charge in [-0.25, -0.2) is 0 Å². The molecule has 0 saturated heterocycles. The van der Waals surface area contributed by atoms with Crippen LogP contribution in [-0.2, 0) is 0 Å². The first-order valence-electron chi connectivity index (χ1n) is 4.36. The van der Waals surface area contributed by atoms with Crippen LogP contribution >= 0.6 is 0 Å². The summed E-state index contributed by atoms with van der Waals surface area (Å²) < 4.78 is 0. The maximum atomic E-state index is 9.13. The van der Waals surface area contributed by atoms with Gasteiger partial charge in [0.2, 0.25) is 0 Å². The Morgan fingerprint density at radius 1 is 1.36 bits per heavy atom. The number of rotatable bonds is 6. The van der Waals surface area contributed by atoms with Crippen molar-refractivity contribution in [2.45, 2.75) is 51.6 Å². The summed E-state index contributed by atoms with van der Waals surface area (Å²) >= 11 is 0. The molecule has 2 heteroatoms. The number of unbranched alkanes of at least 4 members (excludes halogenated alkanes) is 3. The Morgan fingerprint density at radius 2 is 2.09 bits per heavy atom. The van der Waals surface area contributed by atoms with Crippen LogP contribution in [0.25, 0.3) is 0 Å². The molecule has 0 saturated carbocycles. The first-order valence-corrected chi connectivity index (χ1v) is 4.36. The third-order valence-electron chi connectivity index (χ3n) is 1.72. The largest absolute Gasteiger partial charge is 0.392 e. The lowest BCUT2D eigenvalue weighted by Gasteiger charge is -2.04. The summed E-state index contributed by atoms with van der Waals surface area (Å²) in [7, 11) is 0. The van der Waals surface area contributed by atoms with Crippen molar-refractivity contribution < 1.29 is 5.11 Å². The molecular weight excluding hydrogens is 138 g/mol. The molecule has 64 valence electrons. The maximum Gasteiger partial charge on any atom is 0.0670 e. The standard InChI is InChI=1S/C9H17NO/c1-2-3-4-5-6-9(11)7-8-10/h9,11H,2-7H2,1H3. The molecule has 0 aromatic rings. The van der Waals surface area contributed by atoms with Crippen molar-refractivity contribution >= 4 is 0 Å². The third-order valence-corrected chi connectivity index (χ3v) is 1.72. The Kier molecular flexibility index (Phi) is 7.18. The van der Waals surface area contributed by atoms with Crippen molar-refractivity contribution in [2.24, 2.45) is 0 Å². The second kappa shape index (κ2) is 7.56. The molecule has 0 bridgehead atoms. The van der Waals surface area contributed by atoms with Gasteiger partial charge in [-0.05, 0) is 6.42 Å². The van der Waals surface area contributed by atoms with Gasteiger partial charge in [0.05, 0.1) is 18.6 Å². The number of hydrogen-bond donors (Lipinski definition) is 1. The minimum absolute atomic E-state index is 0.284. The highest BCUT2D eigenvalue weighted by molar-refractivity contribution is 4.74. The molecule has 1 atom stereocenters. The Balaban J connectivity index is 3.05. The first kappa shape index (κ1) is 10.4. The number of aliphatic hydroxyl groups excluding tert-OH is 1. The summed E-state index contributed by atoms with van der Waals surface area (Å²) in [5.41, 5.74) is 0. The highest BCUT2D eigenvalue weighted by Gasteiger charge is 2.01. The number of hydrogen-bond acceptors (Lipinski definition) is 2. The van der Waals surface area contributed by atoms with Crippen LogP contribution in [0.2, 0.25) is 0 Å². The Labute approximate surface area is 68.8 Å². The number of nitrogens with zero attached hydrogens (tertiary/aromatic N) is 1. The van der Waals surface area contributed by atoms with Crippen LogP contribution in [0.3, 0.4) is 0 Å². The Morgan fingerprint density at radius 3 is 2.64 bits per heavy atom. The lowest BCUT2D eigenvalue weighted by Crippen LogP contribution is -2.04. The van der Waals surface area contributed by atoms with E-state index in [1.165, 1.54) is 19.3 Å². The van der Waals surface area contributed by atoms with Crippen LogP contribution in [0.15, 0.2) is 0 Å². The van der Waals surface area contributed by atoms with Gasteiger partial charge < -0.3 is 5.11 Å². The van der Waals surface area contributed by atoms with Crippen molar-refractivity contribution in [3.8, 4) is 6.07 Å². The van der Waals surface area contributed by atoms with E-state index >= 15 is 0 Å². The van der Waals surface area contributed by atoms with E-state index in [9.17, 15) is 0 Å². The van der Waals surface area contributed by atoms with Gasteiger partial charge in [0.25, 0.3) is 0 Å². The molecule has 0 aliphatic carbocycles. The van der Waals surface area contributed by atoms with Crippen molar-refractivity contribution in [1.29, 1.82) is 5.26 Å². The molecule has 0 radical (unpaired) electrons. The minimum atomic E-state index is -0.392. The van der Waals surface area contributed by atoms with E-state index in [4.69, 9.17) is 10.4 Å². The van der Waals surface area contributed by atoms with Crippen LogP contribution in [0, 0.1) is 11.3 Å². The second-order valence-corrected chi connectivity index (χ2v) is 2.87. The molecule has 1 N–H and O–H groups in total. The molecule has 0 aliphatic rings. The zero-order valence-electron chi connectivity index (χ0n) is 7.21. The fourth-order valence-electron chi connectivity index (χ4n) is 1.01. The van der Waals surface area contributed by atoms with E-state index in [-0.39, 0.29) is 6.42 Å². The molecular formula is C9H17NO. The normalized spacial score (nSPS) is 12.5. The highest BCUT2D eigenvalue weighted by Crippen LogP contribution is 2.06. The number of aliphatic hydroxyl groups is 1. The smallest absolute Gasteiger partial charge is 0.0670 e. The van der Waals surface area contributed by atoms with Gasteiger partial charge in [-0.1, -0.05) is 32.6 Å². The van der Waals surface area contributed by atoms with Crippen LogP contribution in [0.1, 0.15) is 45.4 Å². The van der Waals surface area contributed by atoms with E-state index in [0.717, 1.165) is 12.8 Å². The van der Waals surface area contributed by atoms with E-state index in [0.29, 0.717) is 0 Å². The lowest BCUT2D eigenvalue weighted by atomic mass is 10.1. The van der Waals surface area contributed by atoms with Gasteiger partial charge in [0.1, 0.15) is 0 Å². The second-order valence-electron chi connectivity index (χ2n) is 2.87. The predicted molar refractivity (Wildman–Crippen MR) is 45.0 cm³/mol. The van der Waals surface area contributed by atoms with Crippen LogP contribution in [0.5, 0.6) is 0 Å². The number of nitriles is 1. The van der Waals surface area contributed by atoms with Gasteiger partial charge in [-0.3, -0.25) is 0 Å². The molecule has 0 fully saturated rings.